The second-order valence-electron chi connectivity index (χ2n) is 7.51. The highest BCUT2D eigenvalue weighted by atomic mass is 19.1. The van der Waals surface area contributed by atoms with Crippen LogP contribution in [0.4, 0.5) is 4.39 Å². The number of halogens is 1. The molecule has 2 aliphatic rings. The van der Waals surface area contributed by atoms with Crippen LogP contribution in [0.5, 0.6) is 5.75 Å². The van der Waals surface area contributed by atoms with Crippen LogP contribution in [0.25, 0.3) is 6.08 Å². The van der Waals surface area contributed by atoms with E-state index in [4.69, 9.17) is 9.47 Å². The maximum atomic E-state index is 13.0. The van der Waals surface area contributed by atoms with E-state index in [1.165, 1.54) is 18.2 Å². The number of hydrogen-bond acceptors (Lipinski definition) is 4. The van der Waals surface area contributed by atoms with E-state index in [0.29, 0.717) is 16.9 Å². The summed E-state index contributed by atoms with van der Waals surface area (Å²) in [7, 11) is 0. The molecule has 2 atom stereocenters. The topological polar surface area (TPSA) is 52.6 Å². The van der Waals surface area contributed by atoms with Crippen LogP contribution in [-0.2, 0) is 20.7 Å². The molecule has 2 aromatic carbocycles. The Kier molecular flexibility index (Phi) is 4.82. The molecule has 1 aliphatic carbocycles. The Hall–Kier alpha value is -3.21. The summed E-state index contributed by atoms with van der Waals surface area (Å²) >= 11 is 0. The fraction of sp³-hybridized carbons (Fsp3) is 0.250. The van der Waals surface area contributed by atoms with Crippen molar-refractivity contribution in [1.82, 2.24) is 0 Å². The first-order valence-corrected chi connectivity index (χ1v) is 9.53. The van der Waals surface area contributed by atoms with Crippen molar-refractivity contribution in [3.63, 3.8) is 0 Å². The minimum absolute atomic E-state index is 0.0302. The number of benzene rings is 2. The summed E-state index contributed by atoms with van der Waals surface area (Å²) in [6, 6.07) is 7.66. The molecule has 0 spiro atoms. The second kappa shape index (κ2) is 7.32. The Morgan fingerprint density at radius 3 is 2.72 bits per heavy atom. The van der Waals surface area contributed by atoms with E-state index < -0.39 is 5.97 Å². The highest BCUT2D eigenvalue weighted by molar-refractivity contribution is 5.91. The summed E-state index contributed by atoms with van der Waals surface area (Å²) < 4.78 is 24.2. The number of hydrogen-bond donors (Lipinski definition) is 0. The molecule has 0 amide bonds. The molecule has 1 aliphatic heterocycles. The Bertz CT molecular complexity index is 1050. The van der Waals surface area contributed by atoms with Gasteiger partial charge in [-0.15, -0.1) is 0 Å². The van der Waals surface area contributed by atoms with Gasteiger partial charge >= 0.3 is 11.9 Å². The largest absolute Gasteiger partial charge is 0.453 e. The summed E-state index contributed by atoms with van der Waals surface area (Å²) in [5.41, 5.74) is 5.09. The smallest absolute Gasteiger partial charge is 0.336 e. The molecule has 0 bridgehead atoms. The summed E-state index contributed by atoms with van der Waals surface area (Å²) in [5.74, 6) is -0.799. The molecule has 0 saturated carbocycles. The van der Waals surface area contributed by atoms with Gasteiger partial charge in [-0.25, -0.2) is 14.0 Å². The SMILES string of the molecule is C=C1C(=O)OC2c3c(C)c(OC(=O)C=Cc4ccc(F)cc4)cc(C)c3CCC12. The molecule has 2 aromatic rings. The van der Waals surface area contributed by atoms with Gasteiger partial charge in [0.05, 0.1) is 0 Å². The Morgan fingerprint density at radius 1 is 1.28 bits per heavy atom. The van der Waals surface area contributed by atoms with Gasteiger partial charge in [-0.1, -0.05) is 18.7 Å². The molecular weight excluding hydrogens is 371 g/mol. The van der Waals surface area contributed by atoms with Crippen molar-refractivity contribution in [1.29, 1.82) is 0 Å². The van der Waals surface area contributed by atoms with Crippen molar-refractivity contribution < 1.29 is 23.5 Å². The molecule has 0 radical (unpaired) electrons. The van der Waals surface area contributed by atoms with E-state index in [9.17, 15) is 14.0 Å². The molecule has 5 heteroatoms. The zero-order valence-corrected chi connectivity index (χ0v) is 16.3. The number of fused-ring (bicyclic) bond motifs is 3. The lowest BCUT2D eigenvalue weighted by atomic mass is 9.76. The van der Waals surface area contributed by atoms with Gasteiger partial charge in [0.1, 0.15) is 17.7 Å². The zero-order chi connectivity index (χ0) is 20.7. The standard InChI is InChI=1S/C24H21FO4/c1-13-12-20(28-21(26)11-6-16-4-7-17(25)8-5-16)15(3)22-18(13)9-10-19-14(2)24(27)29-23(19)22/h4-8,11-12,19,23H,2,9-10H2,1,3H3. The van der Waals surface area contributed by atoms with E-state index >= 15 is 0 Å². The first kappa shape index (κ1) is 19.1. The summed E-state index contributed by atoms with van der Waals surface area (Å²) in [6.07, 6.45) is 4.16. The van der Waals surface area contributed by atoms with E-state index in [1.807, 2.05) is 19.9 Å². The summed E-state index contributed by atoms with van der Waals surface area (Å²) in [6.45, 7) is 7.73. The van der Waals surface area contributed by atoms with Crippen molar-refractivity contribution in [3.05, 3.63) is 82.2 Å². The lowest BCUT2D eigenvalue weighted by Gasteiger charge is -2.30. The van der Waals surface area contributed by atoms with Gasteiger partial charge in [0, 0.05) is 23.1 Å². The predicted octanol–water partition coefficient (Wildman–Crippen LogP) is 4.78. The van der Waals surface area contributed by atoms with E-state index in [2.05, 4.69) is 6.58 Å². The first-order valence-electron chi connectivity index (χ1n) is 9.53. The van der Waals surface area contributed by atoms with Gasteiger partial charge in [-0.2, -0.15) is 0 Å². The second-order valence-corrected chi connectivity index (χ2v) is 7.51. The van der Waals surface area contributed by atoms with Crippen LogP contribution in [0.2, 0.25) is 0 Å². The van der Waals surface area contributed by atoms with Gasteiger partial charge in [0.25, 0.3) is 0 Å². The fourth-order valence-electron chi connectivity index (χ4n) is 4.16. The lowest BCUT2D eigenvalue weighted by Crippen LogP contribution is -2.21. The van der Waals surface area contributed by atoms with Crippen molar-refractivity contribution in [2.45, 2.75) is 32.8 Å². The van der Waals surface area contributed by atoms with Crippen molar-refractivity contribution in [2.24, 2.45) is 5.92 Å². The van der Waals surface area contributed by atoms with Crippen LogP contribution in [0, 0.1) is 25.6 Å². The molecular formula is C24H21FO4. The molecule has 0 N–H and O–H groups in total. The number of aryl methyl sites for hydroxylation is 1. The fourth-order valence-corrected chi connectivity index (χ4v) is 4.16. The molecule has 1 fully saturated rings. The molecule has 4 rings (SSSR count). The van der Waals surface area contributed by atoms with Gasteiger partial charge in [0.15, 0.2) is 0 Å². The molecule has 148 valence electrons. The molecule has 2 unspecified atom stereocenters. The van der Waals surface area contributed by atoms with E-state index in [0.717, 1.165) is 35.1 Å². The van der Waals surface area contributed by atoms with Crippen LogP contribution in [-0.4, -0.2) is 11.9 Å². The highest BCUT2D eigenvalue weighted by Crippen LogP contribution is 2.49. The Morgan fingerprint density at radius 2 is 2.00 bits per heavy atom. The maximum absolute atomic E-state index is 13.0. The average Bonchev–Trinajstić information content (AvgIpc) is 2.99. The third kappa shape index (κ3) is 3.48. The number of rotatable bonds is 3. The summed E-state index contributed by atoms with van der Waals surface area (Å²) in [5, 5.41) is 0. The van der Waals surface area contributed by atoms with Crippen LogP contribution < -0.4 is 4.74 Å². The monoisotopic (exact) mass is 392 g/mol. The van der Waals surface area contributed by atoms with E-state index in [1.54, 1.807) is 18.2 Å². The van der Waals surface area contributed by atoms with Crippen LogP contribution in [0.15, 0.2) is 48.6 Å². The van der Waals surface area contributed by atoms with Gasteiger partial charge in [0.2, 0.25) is 0 Å². The van der Waals surface area contributed by atoms with Crippen LogP contribution in [0.3, 0.4) is 0 Å². The lowest BCUT2D eigenvalue weighted by molar-refractivity contribution is -0.139. The predicted molar refractivity (Wildman–Crippen MR) is 107 cm³/mol. The number of ether oxygens (including phenoxy) is 2. The molecule has 0 aromatic heterocycles. The van der Waals surface area contributed by atoms with Gasteiger partial charge in [-0.3, -0.25) is 0 Å². The quantitative estimate of drug-likeness (QED) is 0.429. The average molecular weight is 392 g/mol. The summed E-state index contributed by atoms with van der Waals surface area (Å²) in [4.78, 5) is 24.3. The Labute approximate surface area is 168 Å². The molecule has 1 saturated heterocycles. The molecule has 4 nitrogen and oxygen atoms in total. The third-order valence-electron chi connectivity index (χ3n) is 5.71. The third-order valence-corrected chi connectivity index (χ3v) is 5.71. The maximum Gasteiger partial charge on any atom is 0.336 e. The molecule has 1 heterocycles. The highest BCUT2D eigenvalue weighted by Gasteiger charge is 2.44. The Balaban J connectivity index is 1.61. The zero-order valence-electron chi connectivity index (χ0n) is 16.3. The number of esters is 2. The first-order chi connectivity index (χ1) is 13.8. The minimum Gasteiger partial charge on any atom is -0.453 e. The minimum atomic E-state index is -0.531. The number of carbonyl (C=O) groups is 2. The number of carbonyl (C=O) groups excluding carboxylic acids is 2. The molecule has 29 heavy (non-hydrogen) atoms. The van der Waals surface area contributed by atoms with Crippen molar-refractivity contribution >= 4 is 18.0 Å². The normalized spacial score (nSPS) is 20.4. The van der Waals surface area contributed by atoms with Crippen LogP contribution >= 0.6 is 0 Å². The van der Waals surface area contributed by atoms with Crippen molar-refractivity contribution in [3.8, 4) is 5.75 Å². The van der Waals surface area contributed by atoms with E-state index in [-0.39, 0.29) is 23.8 Å². The van der Waals surface area contributed by atoms with Gasteiger partial charge in [-0.05, 0) is 73.2 Å². The van der Waals surface area contributed by atoms with Crippen LogP contribution in [0.1, 0.15) is 40.3 Å². The van der Waals surface area contributed by atoms with Crippen molar-refractivity contribution in [2.75, 3.05) is 0 Å². The van der Waals surface area contributed by atoms with Gasteiger partial charge < -0.3 is 9.47 Å².